The molecule has 1 aromatic carbocycles. The molecule has 0 heterocycles. The summed E-state index contributed by atoms with van der Waals surface area (Å²) in [5.74, 6) is 1.11. The second-order valence-electron chi connectivity index (χ2n) is 4.46. The van der Waals surface area contributed by atoms with Crippen LogP contribution in [0.5, 0.6) is 5.75 Å². The lowest BCUT2D eigenvalue weighted by Gasteiger charge is -2.26. The van der Waals surface area contributed by atoms with Gasteiger partial charge in [-0.25, -0.2) is 0 Å². The molecule has 0 bridgehead atoms. The van der Waals surface area contributed by atoms with Crippen molar-refractivity contribution in [1.82, 2.24) is 4.90 Å². The number of carbonyl (C=O) groups excluding carboxylic acids is 1. The third-order valence-electron chi connectivity index (χ3n) is 2.89. The molecule has 0 aliphatic carbocycles. The monoisotopic (exact) mass is 235 g/mol. The summed E-state index contributed by atoms with van der Waals surface area (Å²) in [6.07, 6.45) is 1.42. The van der Waals surface area contributed by atoms with Crippen molar-refractivity contribution in [3.8, 4) is 5.75 Å². The van der Waals surface area contributed by atoms with E-state index in [1.54, 1.807) is 14.0 Å². The summed E-state index contributed by atoms with van der Waals surface area (Å²) in [4.78, 5) is 13.2. The van der Waals surface area contributed by atoms with E-state index in [1.807, 2.05) is 32.3 Å². The van der Waals surface area contributed by atoms with Gasteiger partial charge in [0.15, 0.2) is 0 Å². The molecule has 0 aliphatic heterocycles. The standard InChI is InChI=1S/C14H21NO2/c1-11(16)9-10-13(15(2)3)12-7-5-6-8-14(12)17-4/h5-8,13H,9-10H2,1-4H3. The number of ketones is 1. The van der Waals surface area contributed by atoms with Crippen LogP contribution in [-0.2, 0) is 4.79 Å². The number of para-hydroxylation sites is 1. The first kappa shape index (κ1) is 13.7. The Morgan fingerprint density at radius 3 is 2.53 bits per heavy atom. The normalized spacial score (nSPS) is 12.5. The predicted octanol–water partition coefficient (Wildman–Crippen LogP) is 2.67. The lowest BCUT2D eigenvalue weighted by molar-refractivity contribution is -0.117. The number of carbonyl (C=O) groups is 1. The maximum Gasteiger partial charge on any atom is 0.129 e. The number of hydrogen-bond donors (Lipinski definition) is 0. The van der Waals surface area contributed by atoms with Gasteiger partial charge in [-0.15, -0.1) is 0 Å². The molecule has 0 saturated heterocycles. The Kier molecular flexibility index (Phi) is 5.16. The molecule has 1 rings (SSSR count). The number of hydrogen-bond acceptors (Lipinski definition) is 3. The van der Waals surface area contributed by atoms with Crippen molar-refractivity contribution in [3.05, 3.63) is 29.8 Å². The second kappa shape index (κ2) is 6.40. The largest absolute Gasteiger partial charge is 0.496 e. The first-order valence-electron chi connectivity index (χ1n) is 5.85. The Morgan fingerprint density at radius 1 is 1.35 bits per heavy atom. The maximum absolute atomic E-state index is 11.1. The number of ether oxygens (including phenoxy) is 1. The van der Waals surface area contributed by atoms with Gasteiger partial charge in [-0.1, -0.05) is 18.2 Å². The molecule has 0 amide bonds. The molecule has 1 aromatic rings. The van der Waals surface area contributed by atoms with Crippen LogP contribution >= 0.6 is 0 Å². The Balaban J connectivity index is 2.92. The van der Waals surface area contributed by atoms with E-state index in [4.69, 9.17) is 4.74 Å². The molecule has 0 saturated carbocycles. The summed E-state index contributed by atoms with van der Waals surface area (Å²) in [7, 11) is 5.73. The van der Waals surface area contributed by atoms with Crippen LogP contribution in [0, 0.1) is 0 Å². The summed E-state index contributed by atoms with van der Waals surface area (Å²) < 4.78 is 5.37. The van der Waals surface area contributed by atoms with Crippen molar-refractivity contribution in [2.45, 2.75) is 25.8 Å². The molecule has 0 spiro atoms. The van der Waals surface area contributed by atoms with Gasteiger partial charge in [-0.3, -0.25) is 0 Å². The highest BCUT2D eigenvalue weighted by Crippen LogP contribution is 2.31. The summed E-state index contributed by atoms with van der Waals surface area (Å²) >= 11 is 0. The van der Waals surface area contributed by atoms with Crippen molar-refractivity contribution < 1.29 is 9.53 Å². The number of nitrogens with zero attached hydrogens (tertiary/aromatic N) is 1. The van der Waals surface area contributed by atoms with Gasteiger partial charge in [0.05, 0.1) is 7.11 Å². The van der Waals surface area contributed by atoms with Crippen LogP contribution < -0.4 is 4.74 Å². The molecular weight excluding hydrogens is 214 g/mol. The fourth-order valence-corrected chi connectivity index (χ4v) is 1.97. The summed E-state index contributed by atoms with van der Waals surface area (Å²) in [5.41, 5.74) is 1.14. The average Bonchev–Trinajstić information content (AvgIpc) is 2.29. The van der Waals surface area contributed by atoms with Crippen molar-refractivity contribution >= 4 is 5.78 Å². The highest BCUT2D eigenvalue weighted by molar-refractivity contribution is 5.75. The van der Waals surface area contributed by atoms with E-state index >= 15 is 0 Å². The van der Waals surface area contributed by atoms with Gasteiger partial charge < -0.3 is 14.4 Å². The van der Waals surface area contributed by atoms with Crippen LogP contribution in [0.25, 0.3) is 0 Å². The highest BCUT2D eigenvalue weighted by Gasteiger charge is 2.18. The first-order chi connectivity index (χ1) is 8.06. The van der Waals surface area contributed by atoms with Crippen molar-refractivity contribution in [2.75, 3.05) is 21.2 Å². The van der Waals surface area contributed by atoms with E-state index in [2.05, 4.69) is 11.0 Å². The molecule has 3 nitrogen and oxygen atoms in total. The fourth-order valence-electron chi connectivity index (χ4n) is 1.97. The summed E-state index contributed by atoms with van der Waals surface area (Å²) in [6.45, 7) is 1.63. The van der Waals surface area contributed by atoms with E-state index in [-0.39, 0.29) is 11.8 Å². The second-order valence-corrected chi connectivity index (χ2v) is 4.46. The van der Waals surface area contributed by atoms with Crippen LogP contribution in [-0.4, -0.2) is 31.9 Å². The van der Waals surface area contributed by atoms with Gasteiger partial charge in [-0.2, -0.15) is 0 Å². The lowest BCUT2D eigenvalue weighted by atomic mass is 9.99. The predicted molar refractivity (Wildman–Crippen MR) is 69.3 cm³/mol. The van der Waals surface area contributed by atoms with Crippen molar-refractivity contribution in [3.63, 3.8) is 0 Å². The number of methoxy groups -OCH3 is 1. The molecule has 3 heteroatoms. The number of rotatable bonds is 6. The summed E-state index contributed by atoms with van der Waals surface area (Å²) in [6, 6.07) is 8.20. The Hall–Kier alpha value is -1.35. The van der Waals surface area contributed by atoms with Gasteiger partial charge in [0.2, 0.25) is 0 Å². The number of benzene rings is 1. The quantitative estimate of drug-likeness (QED) is 0.759. The minimum Gasteiger partial charge on any atom is -0.496 e. The average molecular weight is 235 g/mol. The van der Waals surface area contributed by atoms with Gasteiger partial charge >= 0.3 is 0 Å². The molecule has 0 fully saturated rings. The topological polar surface area (TPSA) is 29.5 Å². The first-order valence-corrected chi connectivity index (χ1v) is 5.85. The molecule has 1 unspecified atom stereocenters. The molecule has 0 aliphatic rings. The number of Topliss-reactive ketones (excluding diaryl/α,β-unsaturated/α-hetero) is 1. The molecule has 0 radical (unpaired) electrons. The van der Waals surface area contributed by atoms with E-state index in [9.17, 15) is 4.79 Å². The van der Waals surface area contributed by atoms with Gasteiger partial charge in [0, 0.05) is 18.0 Å². The van der Waals surface area contributed by atoms with Gasteiger partial charge in [-0.05, 0) is 33.5 Å². The van der Waals surface area contributed by atoms with Crippen LogP contribution in [0.1, 0.15) is 31.4 Å². The van der Waals surface area contributed by atoms with E-state index in [0.717, 1.165) is 17.7 Å². The van der Waals surface area contributed by atoms with Crippen LogP contribution in [0.2, 0.25) is 0 Å². The Labute approximate surface area is 103 Å². The minimum atomic E-state index is 0.218. The van der Waals surface area contributed by atoms with Crippen LogP contribution in [0.4, 0.5) is 0 Å². The van der Waals surface area contributed by atoms with Crippen LogP contribution in [0.3, 0.4) is 0 Å². The SMILES string of the molecule is COc1ccccc1C(CCC(C)=O)N(C)C. The van der Waals surface area contributed by atoms with E-state index in [0.29, 0.717) is 6.42 Å². The molecular formula is C14H21NO2. The zero-order valence-corrected chi connectivity index (χ0v) is 11.1. The molecule has 94 valence electrons. The summed E-state index contributed by atoms with van der Waals surface area (Å²) in [5, 5.41) is 0. The van der Waals surface area contributed by atoms with E-state index < -0.39 is 0 Å². The third kappa shape index (κ3) is 3.86. The maximum atomic E-state index is 11.1. The van der Waals surface area contributed by atoms with Gasteiger partial charge in [0.25, 0.3) is 0 Å². The zero-order valence-electron chi connectivity index (χ0n) is 11.1. The minimum absolute atomic E-state index is 0.218. The zero-order chi connectivity index (χ0) is 12.8. The van der Waals surface area contributed by atoms with Crippen LogP contribution in [0.15, 0.2) is 24.3 Å². The third-order valence-corrected chi connectivity index (χ3v) is 2.89. The molecule has 0 aromatic heterocycles. The molecule has 0 N–H and O–H groups in total. The van der Waals surface area contributed by atoms with Crippen molar-refractivity contribution in [2.24, 2.45) is 0 Å². The van der Waals surface area contributed by atoms with E-state index in [1.165, 1.54) is 0 Å². The smallest absolute Gasteiger partial charge is 0.129 e. The van der Waals surface area contributed by atoms with Crippen molar-refractivity contribution in [1.29, 1.82) is 0 Å². The van der Waals surface area contributed by atoms with Gasteiger partial charge in [0.1, 0.15) is 11.5 Å². The lowest BCUT2D eigenvalue weighted by Crippen LogP contribution is -2.21. The Morgan fingerprint density at radius 2 is 2.00 bits per heavy atom. The molecule has 1 atom stereocenters. The highest BCUT2D eigenvalue weighted by atomic mass is 16.5. The Bertz CT molecular complexity index is 374. The fraction of sp³-hybridized carbons (Fsp3) is 0.500. The molecule has 17 heavy (non-hydrogen) atoms.